The Morgan fingerprint density at radius 1 is 1.45 bits per heavy atom. The van der Waals surface area contributed by atoms with Gasteiger partial charge < -0.3 is 15.5 Å². The van der Waals surface area contributed by atoms with Crippen LogP contribution in [0, 0.1) is 0 Å². The number of fused-ring (bicyclic) bond motifs is 1. The predicted molar refractivity (Wildman–Crippen MR) is 72.1 cm³/mol. The lowest BCUT2D eigenvalue weighted by Gasteiger charge is -2.12. The lowest BCUT2D eigenvalue weighted by Crippen LogP contribution is -2.34. The van der Waals surface area contributed by atoms with Gasteiger partial charge in [0.1, 0.15) is 4.90 Å². The third-order valence-corrected chi connectivity index (χ3v) is 4.68. The molecule has 1 aliphatic heterocycles. The molecule has 0 saturated carbocycles. The summed E-state index contributed by atoms with van der Waals surface area (Å²) in [6.07, 6.45) is -1.10. The van der Waals surface area contributed by atoms with Crippen LogP contribution in [0.3, 0.4) is 0 Å². The molecule has 1 aliphatic rings. The summed E-state index contributed by atoms with van der Waals surface area (Å²) in [5.41, 5.74) is 1.04. The number of carbonyl (C=O) groups excluding carboxylic acids is 1. The van der Waals surface area contributed by atoms with Crippen LogP contribution in [0.4, 0.5) is 5.69 Å². The molecule has 20 heavy (non-hydrogen) atoms. The summed E-state index contributed by atoms with van der Waals surface area (Å²) in [5, 5.41) is 20.4. The van der Waals surface area contributed by atoms with Gasteiger partial charge in [-0.25, -0.2) is 13.1 Å². The first-order chi connectivity index (χ1) is 9.33. The highest BCUT2D eigenvalue weighted by Crippen LogP contribution is 2.32. The molecule has 2 rings (SSSR count). The molecule has 4 N–H and O–H groups in total. The van der Waals surface area contributed by atoms with Crippen molar-refractivity contribution in [3.8, 4) is 0 Å². The highest BCUT2D eigenvalue weighted by molar-refractivity contribution is 7.89. The number of benzene rings is 1. The number of hydrogen-bond donors (Lipinski definition) is 4. The maximum absolute atomic E-state index is 12.1. The number of aliphatic hydroxyl groups is 2. The molecule has 1 atom stereocenters. The lowest BCUT2D eigenvalue weighted by atomic mass is 10.2. The van der Waals surface area contributed by atoms with Crippen LogP contribution in [-0.4, -0.2) is 43.8 Å². The molecular formula is C11H13ClN2O5S. The topological polar surface area (TPSA) is 116 Å². The number of halogens is 1. The van der Waals surface area contributed by atoms with Gasteiger partial charge in [0.05, 0.1) is 24.2 Å². The number of rotatable bonds is 5. The molecule has 0 radical (unpaired) electrons. The zero-order valence-electron chi connectivity index (χ0n) is 10.3. The van der Waals surface area contributed by atoms with Crippen molar-refractivity contribution in [2.24, 2.45) is 0 Å². The van der Waals surface area contributed by atoms with Crippen LogP contribution in [0.2, 0.25) is 5.02 Å². The van der Waals surface area contributed by atoms with E-state index in [1.807, 2.05) is 0 Å². The molecule has 7 nitrogen and oxygen atoms in total. The Hall–Kier alpha value is -1.19. The second-order valence-corrected chi connectivity index (χ2v) is 6.50. The summed E-state index contributed by atoms with van der Waals surface area (Å²) in [6.45, 7) is -0.887. The number of nitrogens with one attached hydrogen (secondary N) is 2. The van der Waals surface area contributed by atoms with Gasteiger partial charge in [0.25, 0.3) is 0 Å². The van der Waals surface area contributed by atoms with E-state index in [-0.39, 0.29) is 28.8 Å². The van der Waals surface area contributed by atoms with E-state index in [4.69, 9.17) is 21.8 Å². The lowest BCUT2D eigenvalue weighted by molar-refractivity contribution is -0.115. The van der Waals surface area contributed by atoms with Crippen molar-refractivity contribution in [3.63, 3.8) is 0 Å². The largest absolute Gasteiger partial charge is 0.394 e. The Labute approximate surface area is 120 Å². The van der Waals surface area contributed by atoms with Crippen molar-refractivity contribution in [1.82, 2.24) is 4.72 Å². The molecule has 1 unspecified atom stereocenters. The van der Waals surface area contributed by atoms with Crippen LogP contribution in [0.1, 0.15) is 5.56 Å². The number of amides is 1. The molecule has 1 aromatic rings. The van der Waals surface area contributed by atoms with E-state index >= 15 is 0 Å². The first-order valence-corrected chi connectivity index (χ1v) is 7.60. The Bertz CT molecular complexity index is 646. The normalized spacial score (nSPS) is 15.8. The number of sulfonamides is 1. The molecule has 0 fully saturated rings. The van der Waals surface area contributed by atoms with Gasteiger partial charge in [-0.15, -0.1) is 0 Å². The summed E-state index contributed by atoms with van der Waals surface area (Å²) in [4.78, 5) is 11.1. The van der Waals surface area contributed by atoms with Gasteiger partial charge in [-0.2, -0.15) is 0 Å². The zero-order chi connectivity index (χ0) is 14.9. The molecule has 0 aliphatic carbocycles. The third kappa shape index (κ3) is 3.10. The molecule has 1 heterocycles. The molecule has 0 spiro atoms. The average Bonchev–Trinajstić information content (AvgIpc) is 2.74. The zero-order valence-corrected chi connectivity index (χ0v) is 11.8. The summed E-state index contributed by atoms with van der Waals surface area (Å²) >= 11 is 5.91. The summed E-state index contributed by atoms with van der Waals surface area (Å²) < 4.78 is 26.3. The van der Waals surface area contributed by atoms with Crippen molar-refractivity contribution in [3.05, 3.63) is 22.7 Å². The van der Waals surface area contributed by atoms with Crippen LogP contribution in [0.25, 0.3) is 0 Å². The van der Waals surface area contributed by atoms with E-state index in [2.05, 4.69) is 10.0 Å². The third-order valence-electron chi connectivity index (χ3n) is 2.79. The first kappa shape index (κ1) is 15.2. The minimum atomic E-state index is -3.93. The molecule has 1 amide bonds. The SMILES string of the molecule is O=C1Cc2cc(S(=O)(=O)NCC(O)CO)c(Cl)cc2N1. The highest BCUT2D eigenvalue weighted by atomic mass is 35.5. The monoisotopic (exact) mass is 320 g/mol. The van der Waals surface area contributed by atoms with Crippen molar-refractivity contribution < 1.29 is 23.4 Å². The minimum Gasteiger partial charge on any atom is -0.394 e. The molecule has 110 valence electrons. The van der Waals surface area contributed by atoms with Crippen LogP contribution >= 0.6 is 11.6 Å². The van der Waals surface area contributed by atoms with Gasteiger partial charge in [0.15, 0.2) is 0 Å². The molecule has 1 aromatic carbocycles. The van der Waals surface area contributed by atoms with E-state index < -0.39 is 22.7 Å². The fourth-order valence-corrected chi connectivity index (χ4v) is 3.43. The van der Waals surface area contributed by atoms with E-state index in [1.54, 1.807) is 0 Å². The highest BCUT2D eigenvalue weighted by Gasteiger charge is 2.25. The number of hydrogen-bond acceptors (Lipinski definition) is 5. The quantitative estimate of drug-likeness (QED) is 0.582. The molecule has 0 bridgehead atoms. The molecular weight excluding hydrogens is 308 g/mol. The van der Waals surface area contributed by atoms with Crippen molar-refractivity contribution in [2.45, 2.75) is 17.4 Å². The smallest absolute Gasteiger partial charge is 0.242 e. The van der Waals surface area contributed by atoms with Gasteiger partial charge in [0.2, 0.25) is 15.9 Å². The number of aliphatic hydroxyl groups excluding tert-OH is 2. The second-order valence-electron chi connectivity index (χ2n) is 4.35. The van der Waals surface area contributed by atoms with E-state index in [0.717, 1.165) is 0 Å². The Kier molecular flexibility index (Phi) is 4.31. The van der Waals surface area contributed by atoms with Crippen LogP contribution in [0.15, 0.2) is 17.0 Å². The van der Waals surface area contributed by atoms with Crippen molar-refractivity contribution in [1.29, 1.82) is 0 Å². The maximum atomic E-state index is 12.1. The number of carbonyl (C=O) groups is 1. The predicted octanol–water partition coefficient (Wildman–Crippen LogP) is -0.534. The van der Waals surface area contributed by atoms with E-state index in [0.29, 0.717) is 11.3 Å². The fourth-order valence-electron chi connectivity index (χ4n) is 1.78. The van der Waals surface area contributed by atoms with Gasteiger partial charge in [-0.3, -0.25) is 4.79 Å². The summed E-state index contributed by atoms with van der Waals surface area (Å²) in [5.74, 6) is -0.228. The standard InChI is InChI=1S/C11H13ClN2O5S/c12-8-3-9-6(2-11(17)14-9)1-10(8)20(18,19)13-4-7(16)5-15/h1,3,7,13,15-16H,2,4-5H2,(H,14,17). The van der Waals surface area contributed by atoms with Gasteiger partial charge in [-0.1, -0.05) is 11.6 Å². The minimum absolute atomic E-state index is 0.0306. The van der Waals surface area contributed by atoms with Crippen molar-refractivity contribution >= 4 is 33.2 Å². The summed E-state index contributed by atoms with van der Waals surface area (Å²) in [6, 6.07) is 2.70. The fraction of sp³-hybridized carbons (Fsp3) is 0.364. The van der Waals surface area contributed by atoms with Crippen LogP contribution in [0.5, 0.6) is 0 Å². The van der Waals surface area contributed by atoms with Gasteiger partial charge in [0, 0.05) is 12.2 Å². The maximum Gasteiger partial charge on any atom is 0.242 e. The summed E-state index contributed by atoms with van der Waals surface area (Å²) in [7, 11) is -3.93. The molecule has 0 saturated heterocycles. The Balaban J connectivity index is 2.29. The molecule has 9 heteroatoms. The average molecular weight is 321 g/mol. The first-order valence-electron chi connectivity index (χ1n) is 5.74. The molecule has 0 aromatic heterocycles. The van der Waals surface area contributed by atoms with Crippen molar-refractivity contribution in [2.75, 3.05) is 18.5 Å². The van der Waals surface area contributed by atoms with Gasteiger partial charge in [-0.05, 0) is 17.7 Å². The number of anilines is 1. The Morgan fingerprint density at radius 3 is 2.80 bits per heavy atom. The van der Waals surface area contributed by atoms with Gasteiger partial charge >= 0.3 is 0 Å². The van der Waals surface area contributed by atoms with Crippen LogP contribution < -0.4 is 10.0 Å². The van der Waals surface area contributed by atoms with Crippen LogP contribution in [-0.2, 0) is 21.2 Å². The van der Waals surface area contributed by atoms with E-state index in [9.17, 15) is 13.2 Å². The second kappa shape index (κ2) is 5.66. The Morgan fingerprint density at radius 2 is 2.15 bits per heavy atom. The van der Waals surface area contributed by atoms with E-state index in [1.165, 1.54) is 12.1 Å².